The molecule has 0 saturated heterocycles. The fourth-order valence-electron chi connectivity index (χ4n) is 4.08. The van der Waals surface area contributed by atoms with Crippen molar-refractivity contribution in [3.8, 4) is 0 Å². The van der Waals surface area contributed by atoms with E-state index in [9.17, 15) is 9.18 Å². The first-order valence-electron chi connectivity index (χ1n) is 10.0. The van der Waals surface area contributed by atoms with Crippen LogP contribution in [-0.2, 0) is 16.2 Å². The van der Waals surface area contributed by atoms with Gasteiger partial charge in [0.05, 0.1) is 12.3 Å². The Morgan fingerprint density at radius 1 is 1.11 bits per heavy atom. The van der Waals surface area contributed by atoms with Gasteiger partial charge in [-0.2, -0.15) is 0 Å². The number of rotatable bonds is 6. The number of carbonyl (C=O) groups is 1. The summed E-state index contributed by atoms with van der Waals surface area (Å²) in [7, 11) is 0. The van der Waals surface area contributed by atoms with Crippen molar-refractivity contribution in [3.63, 3.8) is 0 Å². The minimum Gasteiger partial charge on any atom is -0.390 e. The highest BCUT2D eigenvalue weighted by atomic mass is 19.1. The number of carbonyl (C=O) groups excluding carboxylic acids is 1. The molecule has 1 aliphatic heterocycles. The van der Waals surface area contributed by atoms with Gasteiger partial charge < -0.3 is 9.74 Å². The zero-order chi connectivity index (χ0) is 19.3. The first kappa shape index (κ1) is 18.7. The van der Waals surface area contributed by atoms with Gasteiger partial charge in [-0.05, 0) is 30.5 Å². The zero-order valence-corrected chi connectivity index (χ0v) is 15.9. The molecule has 0 unspecified atom stereocenters. The summed E-state index contributed by atoms with van der Waals surface area (Å²) in [5, 5.41) is 4.16. The Balaban J connectivity index is 1.44. The Morgan fingerprint density at radius 2 is 1.89 bits per heavy atom. The Bertz CT molecular complexity index is 847. The minimum atomic E-state index is -0.286. The molecule has 5 heteroatoms. The second-order valence-electron chi connectivity index (χ2n) is 7.67. The van der Waals surface area contributed by atoms with E-state index in [4.69, 9.17) is 4.84 Å². The molecule has 0 spiro atoms. The minimum absolute atomic E-state index is 0.119. The van der Waals surface area contributed by atoms with Crippen molar-refractivity contribution in [3.05, 3.63) is 71.5 Å². The molecule has 0 bridgehead atoms. The van der Waals surface area contributed by atoms with E-state index in [1.54, 1.807) is 6.07 Å². The highest BCUT2D eigenvalue weighted by Gasteiger charge is 2.31. The van der Waals surface area contributed by atoms with Crippen LogP contribution in [-0.4, -0.2) is 29.2 Å². The topological polar surface area (TPSA) is 41.9 Å². The van der Waals surface area contributed by atoms with Crippen LogP contribution in [0, 0.1) is 11.7 Å². The molecule has 146 valence electrons. The molecule has 0 radical (unpaired) electrons. The zero-order valence-electron chi connectivity index (χ0n) is 15.9. The van der Waals surface area contributed by atoms with Crippen LogP contribution in [0.1, 0.15) is 43.2 Å². The molecule has 4 nitrogen and oxygen atoms in total. The molecule has 1 fully saturated rings. The van der Waals surface area contributed by atoms with Gasteiger partial charge >= 0.3 is 0 Å². The van der Waals surface area contributed by atoms with E-state index >= 15 is 0 Å². The molecule has 1 heterocycles. The molecular weight excluding hydrogens is 355 g/mol. The van der Waals surface area contributed by atoms with Gasteiger partial charge in [-0.25, -0.2) is 4.39 Å². The van der Waals surface area contributed by atoms with Crippen LogP contribution in [0.25, 0.3) is 0 Å². The van der Waals surface area contributed by atoms with Crippen molar-refractivity contribution in [2.75, 3.05) is 6.54 Å². The smallest absolute Gasteiger partial charge is 0.226 e. The second-order valence-corrected chi connectivity index (χ2v) is 7.67. The lowest BCUT2D eigenvalue weighted by Gasteiger charge is -2.27. The summed E-state index contributed by atoms with van der Waals surface area (Å²) in [4.78, 5) is 20.6. The normalized spacial score (nSPS) is 19.3. The van der Waals surface area contributed by atoms with Crippen LogP contribution >= 0.6 is 0 Å². The van der Waals surface area contributed by atoms with Crippen molar-refractivity contribution in [2.45, 2.75) is 44.8 Å². The van der Waals surface area contributed by atoms with Gasteiger partial charge in [-0.15, -0.1) is 0 Å². The summed E-state index contributed by atoms with van der Waals surface area (Å²) in [5.41, 5.74) is 2.58. The third-order valence-electron chi connectivity index (χ3n) is 5.55. The van der Waals surface area contributed by atoms with Gasteiger partial charge in [0.2, 0.25) is 5.91 Å². The summed E-state index contributed by atoms with van der Waals surface area (Å²) in [5.74, 6) is 0.0450. The van der Waals surface area contributed by atoms with Crippen molar-refractivity contribution in [1.82, 2.24) is 4.90 Å². The monoisotopic (exact) mass is 380 g/mol. The third-order valence-corrected chi connectivity index (χ3v) is 5.55. The molecule has 28 heavy (non-hydrogen) atoms. The van der Waals surface area contributed by atoms with Crippen LogP contribution < -0.4 is 0 Å². The van der Waals surface area contributed by atoms with Crippen molar-refractivity contribution in [2.24, 2.45) is 11.1 Å². The molecule has 1 saturated carbocycles. The summed E-state index contributed by atoms with van der Waals surface area (Å²) in [6.07, 6.45) is 4.57. The lowest BCUT2D eigenvalue weighted by molar-refractivity contribution is -0.137. The standard InChI is InChI=1S/C23H25FN2O2/c24-20-12-6-11-19(13-20)22-14-21(28-25-22)16-26(15-17-7-2-1-3-8-17)23(27)18-9-4-5-10-18/h1-3,6-8,11-13,18,21H,4-5,9-10,14-16H2/t21-/m1/s1. The van der Waals surface area contributed by atoms with E-state index in [1.807, 2.05) is 41.3 Å². The Labute approximate surface area is 165 Å². The fourth-order valence-corrected chi connectivity index (χ4v) is 4.08. The first-order valence-corrected chi connectivity index (χ1v) is 10.0. The summed E-state index contributed by atoms with van der Waals surface area (Å²) >= 11 is 0. The predicted molar refractivity (Wildman–Crippen MR) is 106 cm³/mol. The van der Waals surface area contributed by atoms with Crippen LogP contribution in [0.4, 0.5) is 4.39 Å². The summed E-state index contributed by atoms with van der Waals surface area (Å²) < 4.78 is 13.5. The molecule has 0 N–H and O–H groups in total. The molecule has 2 aromatic rings. The lowest BCUT2D eigenvalue weighted by atomic mass is 10.0. The maximum absolute atomic E-state index is 13.5. The highest BCUT2D eigenvalue weighted by molar-refractivity contribution is 6.01. The maximum atomic E-state index is 13.5. The first-order chi connectivity index (χ1) is 13.7. The molecule has 1 atom stereocenters. The van der Waals surface area contributed by atoms with Gasteiger partial charge in [-0.1, -0.05) is 60.5 Å². The van der Waals surface area contributed by atoms with E-state index in [1.165, 1.54) is 12.1 Å². The van der Waals surface area contributed by atoms with Crippen molar-refractivity contribution in [1.29, 1.82) is 0 Å². The number of hydrogen-bond acceptors (Lipinski definition) is 3. The van der Waals surface area contributed by atoms with Crippen LogP contribution in [0.5, 0.6) is 0 Å². The van der Waals surface area contributed by atoms with Gasteiger partial charge in [0.1, 0.15) is 5.82 Å². The number of amides is 1. The summed E-state index contributed by atoms with van der Waals surface area (Å²) in [6, 6.07) is 16.4. The van der Waals surface area contributed by atoms with E-state index < -0.39 is 0 Å². The molecule has 2 aromatic carbocycles. The Morgan fingerprint density at radius 3 is 2.64 bits per heavy atom. The SMILES string of the molecule is O=C(C1CCCC1)N(Cc1ccccc1)C[C@H]1CC(c2cccc(F)c2)=NO1. The van der Waals surface area contributed by atoms with Crippen molar-refractivity contribution >= 4 is 11.6 Å². The van der Waals surface area contributed by atoms with E-state index in [-0.39, 0.29) is 23.7 Å². The molecule has 1 aliphatic carbocycles. The molecule has 0 aromatic heterocycles. The number of oxime groups is 1. The van der Waals surface area contributed by atoms with Gasteiger partial charge in [0.25, 0.3) is 0 Å². The second kappa shape index (κ2) is 8.55. The van der Waals surface area contributed by atoms with E-state index in [2.05, 4.69) is 5.16 Å². The number of hydrogen-bond donors (Lipinski definition) is 0. The van der Waals surface area contributed by atoms with Gasteiger partial charge in [0, 0.05) is 24.4 Å². The molecule has 2 aliphatic rings. The van der Waals surface area contributed by atoms with Gasteiger partial charge in [0.15, 0.2) is 6.10 Å². The molecular formula is C23H25FN2O2. The van der Waals surface area contributed by atoms with Crippen LogP contribution in [0.2, 0.25) is 0 Å². The highest BCUT2D eigenvalue weighted by Crippen LogP contribution is 2.28. The Kier molecular flexibility index (Phi) is 5.70. The van der Waals surface area contributed by atoms with Crippen LogP contribution in [0.3, 0.4) is 0 Å². The summed E-state index contributed by atoms with van der Waals surface area (Å²) in [6.45, 7) is 1.07. The molecule has 4 rings (SSSR count). The van der Waals surface area contributed by atoms with E-state index in [0.29, 0.717) is 19.5 Å². The average molecular weight is 380 g/mol. The van der Waals surface area contributed by atoms with Crippen LogP contribution in [0.15, 0.2) is 59.8 Å². The fraction of sp³-hybridized carbons (Fsp3) is 0.391. The lowest BCUT2D eigenvalue weighted by Crippen LogP contribution is -2.40. The van der Waals surface area contributed by atoms with Crippen molar-refractivity contribution < 1.29 is 14.0 Å². The largest absolute Gasteiger partial charge is 0.390 e. The number of benzene rings is 2. The van der Waals surface area contributed by atoms with Gasteiger partial charge in [-0.3, -0.25) is 4.79 Å². The third kappa shape index (κ3) is 4.41. The number of nitrogens with zero attached hydrogens (tertiary/aromatic N) is 2. The number of halogens is 1. The predicted octanol–water partition coefficient (Wildman–Crippen LogP) is 4.54. The van der Waals surface area contributed by atoms with E-state index in [0.717, 1.165) is 42.5 Å². The average Bonchev–Trinajstić information content (AvgIpc) is 3.40. The maximum Gasteiger partial charge on any atom is 0.226 e. The Hall–Kier alpha value is -2.69. The molecule has 1 amide bonds. The quantitative estimate of drug-likeness (QED) is 0.738.